The average molecular weight is 249 g/mol. The SMILES string of the molecule is CCN(C(C)C)C(C)Cc1cnccc1N(C)C. The number of aromatic nitrogens is 1. The Kier molecular flexibility index (Phi) is 5.60. The molecule has 1 atom stereocenters. The quantitative estimate of drug-likeness (QED) is 0.773. The van der Waals surface area contributed by atoms with Crippen LogP contribution in [0.1, 0.15) is 33.3 Å². The molecular weight excluding hydrogens is 222 g/mol. The van der Waals surface area contributed by atoms with E-state index in [9.17, 15) is 0 Å². The van der Waals surface area contributed by atoms with E-state index in [2.05, 4.69) is 62.6 Å². The van der Waals surface area contributed by atoms with E-state index in [1.165, 1.54) is 11.3 Å². The second-order valence-corrected chi connectivity index (χ2v) is 5.38. The van der Waals surface area contributed by atoms with Gasteiger partial charge in [0.25, 0.3) is 0 Å². The van der Waals surface area contributed by atoms with Crippen molar-refractivity contribution in [3.63, 3.8) is 0 Å². The van der Waals surface area contributed by atoms with E-state index in [0.29, 0.717) is 12.1 Å². The highest BCUT2D eigenvalue weighted by atomic mass is 15.2. The van der Waals surface area contributed by atoms with Crippen LogP contribution >= 0.6 is 0 Å². The fraction of sp³-hybridized carbons (Fsp3) is 0.667. The van der Waals surface area contributed by atoms with E-state index in [0.717, 1.165) is 13.0 Å². The highest BCUT2D eigenvalue weighted by Crippen LogP contribution is 2.20. The summed E-state index contributed by atoms with van der Waals surface area (Å²) in [5.41, 5.74) is 2.60. The van der Waals surface area contributed by atoms with Gasteiger partial charge in [-0.05, 0) is 45.4 Å². The van der Waals surface area contributed by atoms with E-state index >= 15 is 0 Å². The van der Waals surface area contributed by atoms with Crippen molar-refractivity contribution in [2.45, 2.75) is 46.2 Å². The second kappa shape index (κ2) is 6.74. The molecule has 0 aliphatic rings. The lowest BCUT2D eigenvalue weighted by Crippen LogP contribution is -2.39. The van der Waals surface area contributed by atoms with Gasteiger partial charge in [-0.15, -0.1) is 0 Å². The summed E-state index contributed by atoms with van der Waals surface area (Å²) in [7, 11) is 4.17. The molecule has 1 unspecified atom stereocenters. The molecule has 0 bridgehead atoms. The number of hydrogen-bond donors (Lipinski definition) is 0. The lowest BCUT2D eigenvalue weighted by molar-refractivity contribution is 0.172. The molecule has 1 heterocycles. The Morgan fingerprint density at radius 2 is 1.89 bits per heavy atom. The highest BCUT2D eigenvalue weighted by molar-refractivity contribution is 5.51. The first-order valence-electron chi connectivity index (χ1n) is 6.83. The Morgan fingerprint density at radius 3 is 2.39 bits per heavy atom. The normalized spacial score (nSPS) is 13.1. The molecule has 0 radical (unpaired) electrons. The van der Waals surface area contributed by atoms with Crippen molar-refractivity contribution in [2.75, 3.05) is 25.5 Å². The molecule has 1 aromatic rings. The first kappa shape index (κ1) is 15.0. The minimum atomic E-state index is 0.540. The van der Waals surface area contributed by atoms with Crippen LogP contribution in [0.25, 0.3) is 0 Å². The maximum Gasteiger partial charge on any atom is 0.0425 e. The summed E-state index contributed by atoms with van der Waals surface area (Å²) in [5, 5.41) is 0. The van der Waals surface area contributed by atoms with Crippen molar-refractivity contribution in [1.29, 1.82) is 0 Å². The van der Waals surface area contributed by atoms with Gasteiger partial charge in [0.1, 0.15) is 0 Å². The third-order valence-electron chi connectivity index (χ3n) is 3.47. The van der Waals surface area contributed by atoms with E-state index < -0.39 is 0 Å². The molecule has 0 fully saturated rings. The maximum atomic E-state index is 4.27. The van der Waals surface area contributed by atoms with Crippen LogP contribution in [-0.4, -0.2) is 42.6 Å². The molecule has 0 aliphatic carbocycles. The predicted molar refractivity (Wildman–Crippen MR) is 79.2 cm³/mol. The van der Waals surface area contributed by atoms with Gasteiger partial charge in [-0.1, -0.05) is 6.92 Å². The van der Waals surface area contributed by atoms with Crippen molar-refractivity contribution >= 4 is 5.69 Å². The Hall–Kier alpha value is -1.09. The molecule has 0 amide bonds. The first-order chi connectivity index (χ1) is 8.47. The van der Waals surface area contributed by atoms with E-state index in [1.54, 1.807) is 0 Å². The minimum Gasteiger partial charge on any atom is -0.377 e. The number of nitrogens with zero attached hydrogens (tertiary/aromatic N) is 3. The Balaban J connectivity index is 2.84. The van der Waals surface area contributed by atoms with Crippen molar-refractivity contribution in [3.05, 3.63) is 24.0 Å². The Labute approximate surface area is 112 Å². The molecule has 0 aliphatic heterocycles. The molecule has 1 rings (SSSR count). The summed E-state index contributed by atoms with van der Waals surface area (Å²) in [6.07, 6.45) is 4.91. The summed E-state index contributed by atoms with van der Waals surface area (Å²) in [6, 6.07) is 3.22. The number of likely N-dealkylation sites (N-methyl/N-ethyl adjacent to an activating group) is 1. The zero-order valence-electron chi connectivity index (χ0n) is 12.6. The third kappa shape index (κ3) is 3.70. The number of hydrogen-bond acceptors (Lipinski definition) is 3. The maximum absolute atomic E-state index is 4.27. The largest absolute Gasteiger partial charge is 0.377 e. The lowest BCUT2D eigenvalue weighted by Gasteiger charge is -2.32. The van der Waals surface area contributed by atoms with Gasteiger partial charge in [0, 0.05) is 44.3 Å². The van der Waals surface area contributed by atoms with Crippen LogP contribution in [0, 0.1) is 0 Å². The fourth-order valence-corrected chi connectivity index (χ4v) is 2.63. The van der Waals surface area contributed by atoms with Gasteiger partial charge >= 0.3 is 0 Å². The topological polar surface area (TPSA) is 19.4 Å². The van der Waals surface area contributed by atoms with Crippen molar-refractivity contribution in [2.24, 2.45) is 0 Å². The smallest absolute Gasteiger partial charge is 0.0425 e. The first-order valence-corrected chi connectivity index (χ1v) is 6.83. The van der Waals surface area contributed by atoms with Crippen molar-refractivity contribution in [3.8, 4) is 0 Å². The molecule has 3 heteroatoms. The Morgan fingerprint density at radius 1 is 1.22 bits per heavy atom. The number of rotatable bonds is 6. The molecule has 102 valence electrons. The molecule has 1 aromatic heterocycles. The molecule has 3 nitrogen and oxygen atoms in total. The zero-order valence-corrected chi connectivity index (χ0v) is 12.6. The van der Waals surface area contributed by atoms with Crippen LogP contribution in [0.3, 0.4) is 0 Å². The fourth-order valence-electron chi connectivity index (χ4n) is 2.63. The van der Waals surface area contributed by atoms with Crippen LogP contribution in [0.5, 0.6) is 0 Å². The average Bonchev–Trinajstić information content (AvgIpc) is 2.29. The van der Waals surface area contributed by atoms with Gasteiger partial charge < -0.3 is 4.90 Å². The second-order valence-electron chi connectivity index (χ2n) is 5.38. The summed E-state index contributed by atoms with van der Waals surface area (Å²) in [5.74, 6) is 0. The van der Waals surface area contributed by atoms with Gasteiger partial charge in [-0.25, -0.2) is 0 Å². The van der Waals surface area contributed by atoms with E-state index in [-0.39, 0.29) is 0 Å². The van der Waals surface area contributed by atoms with Gasteiger partial charge in [0.2, 0.25) is 0 Å². The highest BCUT2D eigenvalue weighted by Gasteiger charge is 2.17. The third-order valence-corrected chi connectivity index (χ3v) is 3.47. The summed E-state index contributed by atoms with van der Waals surface area (Å²) >= 11 is 0. The van der Waals surface area contributed by atoms with Crippen LogP contribution in [-0.2, 0) is 6.42 Å². The molecule has 18 heavy (non-hydrogen) atoms. The van der Waals surface area contributed by atoms with Crippen molar-refractivity contribution in [1.82, 2.24) is 9.88 Å². The summed E-state index contributed by atoms with van der Waals surface area (Å²) in [6.45, 7) is 10.1. The van der Waals surface area contributed by atoms with Gasteiger partial charge in [-0.2, -0.15) is 0 Å². The molecular formula is C15H27N3. The minimum absolute atomic E-state index is 0.540. The number of pyridine rings is 1. The van der Waals surface area contributed by atoms with Crippen LogP contribution in [0.2, 0.25) is 0 Å². The van der Waals surface area contributed by atoms with E-state index in [1.807, 2.05) is 12.4 Å². The molecule has 0 aromatic carbocycles. The van der Waals surface area contributed by atoms with Gasteiger partial charge in [-0.3, -0.25) is 9.88 Å². The van der Waals surface area contributed by atoms with Crippen LogP contribution in [0.4, 0.5) is 5.69 Å². The summed E-state index contributed by atoms with van der Waals surface area (Å²) < 4.78 is 0. The molecule has 0 saturated carbocycles. The van der Waals surface area contributed by atoms with Crippen molar-refractivity contribution < 1.29 is 0 Å². The molecule has 0 N–H and O–H groups in total. The standard InChI is InChI=1S/C15H27N3/c1-7-18(12(2)3)13(4)10-14-11-16-9-8-15(14)17(5)6/h8-9,11-13H,7,10H2,1-6H3. The van der Waals surface area contributed by atoms with Gasteiger partial charge in [0.15, 0.2) is 0 Å². The van der Waals surface area contributed by atoms with Crippen LogP contribution in [0.15, 0.2) is 18.5 Å². The number of anilines is 1. The molecule has 0 spiro atoms. The van der Waals surface area contributed by atoms with Gasteiger partial charge in [0.05, 0.1) is 0 Å². The molecule has 0 saturated heterocycles. The van der Waals surface area contributed by atoms with Crippen LogP contribution < -0.4 is 4.90 Å². The lowest BCUT2D eigenvalue weighted by atomic mass is 10.0. The van der Waals surface area contributed by atoms with E-state index in [4.69, 9.17) is 0 Å². The summed E-state index contributed by atoms with van der Waals surface area (Å²) in [4.78, 5) is 8.95. The zero-order chi connectivity index (χ0) is 13.7. The predicted octanol–water partition coefficient (Wildman–Crippen LogP) is 2.81. The Bertz CT molecular complexity index is 361. The monoisotopic (exact) mass is 249 g/mol.